The number of nitrogens with zero attached hydrogens (tertiary/aromatic N) is 5. The molecule has 10 nitrogen and oxygen atoms in total. The number of pyridine rings is 1. The summed E-state index contributed by atoms with van der Waals surface area (Å²) < 4.78 is 6.97. The predicted octanol–water partition coefficient (Wildman–Crippen LogP) is 3.16. The van der Waals surface area contributed by atoms with E-state index in [4.69, 9.17) is 21.3 Å². The van der Waals surface area contributed by atoms with Crippen LogP contribution >= 0.6 is 11.6 Å². The minimum Gasteiger partial charge on any atom is -0.478 e. The van der Waals surface area contributed by atoms with Crippen LogP contribution < -0.4 is 25.8 Å². The Morgan fingerprint density at radius 3 is 2.53 bits per heavy atom. The highest BCUT2D eigenvalue weighted by molar-refractivity contribution is 6.32. The first-order valence-corrected chi connectivity index (χ1v) is 13.3. The van der Waals surface area contributed by atoms with Gasteiger partial charge < -0.3 is 29.7 Å². The number of likely N-dealkylation sites (tertiary alicyclic amines) is 1. The number of fused-ring (bicyclic) bond motifs is 1. The van der Waals surface area contributed by atoms with Gasteiger partial charge in [0.2, 0.25) is 5.95 Å². The van der Waals surface area contributed by atoms with Crippen molar-refractivity contribution < 1.29 is 9.53 Å². The first kappa shape index (κ1) is 26.2. The average molecular weight is 540 g/mol. The Labute approximate surface area is 226 Å². The number of benzene rings is 1. The van der Waals surface area contributed by atoms with Crippen LogP contribution in [0.15, 0.2) is 35.3 Å². The Morgan fingerprint density at radius 1 is 1.11 bits per heavy atom. The van der Waals surface area contributed by atoms with Gasteiger partial charge in [-0.15, -0.1) is 0 Å². The standard InChI is InChI=1S/C27H34ClN7O3/c1-29-23(36)17-38-22-15-18-14-19(4-5-21(18)34(3)25(22)37)31-24-20(28)16-30-26(32-24)35-12-8-27(9-13-35)6-10-33(2)11-7-27/h4-5,14-16H,6-13,17H2,1-3H3,(H,29,36)(H,30,31,32). The molecule has 0 saturated carbocycles. The number of ether oxygens (including phenoxy) is 1. The molecule has 11 heteroatoms. The molecule has 2 fully saturated rings. The number of rotatable bonds is 6. The number of aromatic nitrogens is 3. The summed E-state index contributed by atoms with van der Waals surface area (Å²) in [5, 5.41) is 6.99. The summed E-state index contributed by atoms with van der Waals surface area (Å²) in [5.74, 6) is 0.992. The van der Waals surface area contributed by atoms with Crippen LogP contribution in [0.1, 0.15) is 25.7 Å². The second-order valence-electron chi connectivity index (χ2n) is 10.4. The summed E-state index contributed by atoms with van der Waals surface area (Å²) in [4.78, 5) is 38.2. The van der Waals surface area contributed by atoms with Gasteiger partial charge in [0.15, 0.2) is 18.2 Å². The van der Waals surface area contributed by atoms with Crippen molar-refractivity contribution in [3.05, 3.63) is 45.8 Å². The second kappa shape index (κ2) is 10.8. The summed E-state index contributed by atoms with van der Waals surface area (Å²) in [6.45, 7) is 3.99. The van der Waals surface area contributed by atoms with Crippen molar-refractivity contribution in [2.75, 3.05) is 57.1 Å². The minimum absolute atomic E-state index is 0.107. The Hall–Kier alpha value is -3.37. The molecule has 0 bridgehead atoms. The van der Waals surface area contributed by atoms with Crippen molar-refractivity contribution in [3.63, 3.8) is 0 Å². The van der Waals surface area contributed by atoms with Crippen LogP contribution in [0, 0.1) is 5.41 Å². The van der Waals surface area contributed by atoms with Crippen molar-refractivity contribution >= 4 is 45.9 Å². The largest absolute Gasteiger partial charge is 0.478 e. The number of piperidine rings is 2. The van der Waals surface area contributed by atoms with Crippen LogP contribution in [0.25, 0.3) is 10.9 Å². The topological polar surface area (TPSA) is 105 Å². The van der Waals surface area contributed by atoms with Gasteiger partial charge in [0.1, 0.15) is 5.02 Å². The smallest absolute Gasteiger partial charge is 0.293 e. The van der Waals surface area contributed by atoms with E-state index in [-0.39, 0.29) is 23.8 Å². The average Bonchev–Trinajstić information content (AvgIpc) is 2.93. The Bertz CT molecular complexity index is 1390. The number of carbonyl (C=O) groups excluding carboxylic acids is 1. The van der Waals surface area contributed by atoms with Crippen LogP contribution in [0.2, 0.25) is 5.02 Å². The zero-order valence-electron chi connectivity index (χ0n) is 22.1. The highest BCUT2D eigenvalue weighted by Crippen LogP contribution is 2.41. The molecule has 2 saturated heterocycles. The molecular weight excluding hydrogens is 506 g/mol. The molecule has 202 valence electrons. The maximum Gasteiger partial charge on any atom is 0.293 e. The van der Waals surface area contributed by atoms with Crippen LogP contribution in [-0.2, 0) is 11.8 Å². The molecule has 1 spiro atoms. The number of likely N-dealkylation sites (N-methyl/N-ethyl adjacent to an activating group) is 1. The summed E-state index contributed by atoms with van der Waals surface area (Å²) >= 11 is 6.48. The van der Waals surface area contributed by atoms with E-state index in [1.807, 2.05) is 18.2 Å². The Kier molecular flexibility index (Phi) is 7.45. The molecule has 1 aromatic carbocycles. The van der Waals surface area contributed by atoms with Gasteiger partial charge in [-0.1, -0.05) is 11.6 Å². The third kappa shape index (κ3) is 5.42. The fraction of sp³-hybridized carbons (Fsp3) is 0.481. The van der Waals surface area contributed by atoms with Gasteiger partial charge in [-0.3, -0.25) is 9.59 Å². The van der Waals surface area contributed by atoms with E-state index in [1.54, 1.807) is 19.3 Å². The molecule has 2 aromatic heterocycles. The maximum atomic E-state index is 12.7. The van der Waals surface area contributed by atoms with E-state index in [0.717, 1.165) is 42.5 Å². The summed E-state index contributed by atoms with van der Waals surface area (Å²) in [6, 6.07) is 7.26. The lowest BCUT2D eigenvalue weighted by molar-refractivity contribution is -0.122. The molecule has 0 aliphatic carbocycles. The van der Waals surface area contributed by atoms with E-state index in [0.29, 0.717) is 22.2 Å². The zero-order chi connectivity index (χ0) is 26.9. The number of nitrogens with one attached hydrogen (secondary N) is 2. The second-order valence-corrected chi connectivity index (χ2v) is 10.8. The highest BCUT2D eigenvalue weighted by Gasteiger charge is 2.37. The fourth-order valence-corrected chi connectivity index (χ4v) is 5.50. The molecule has 1 amide bonds. The maximum absolute atomic E-state index is 12.7. The summed E-state index contributed by atoms with van der Waals surface area (Å²) in [5.41, 5.74) is 1.63. The quantitative estimate of drug-likeness (QED) is 0.492. The SMILES string of the molecule is CNC(=O)COc1cc2cc(Nc3nc(N4CCC5(CCN(C)CC5)CC4)ncc3Cl)ccc2n(C)c1=O. The van der Waals surface area contributed by atoms with Crippen LogP contribution in [0.4, 0.5) is 17.5 Å². The van der Waals surface area contributed by atoms with Crippen molar-refractivity contribution in [2.45, 2.75) is 25.7 Å². The summed E-state index contributed by atoms with van der Waals surface area (Å²) in [6.07, 6.45) is 6.48. The highest BCUT2D eigenvalue weighted by atomic mass is 35.5. The zero-order valence-corrected chi connectivity index (χ0v) is 22.8. The molecule has 0 atom stereocenters. The molecule has 0 radical (unpaired) electrons. The molecule has 2 aliphatic heterocycles. The number of hydrogen-bond donors (Lipinski definition) is 2. The van der Waals surface area contributed by atoms with E-state index in [9.17, 15) is 9.59 Å². The molecular formula is C27H34ClN7O3. The van der Waals surface area contributed by atoms with E-state index in [2.05, 4.69) is 32.5 Å². The predicted molar refractivity (Wildman–Crippen MR) is 150 cm³/mol. The van der Waals surface area contributed by atoms with Gasteiger partial charge in [0.05, 0.1) is 11.7 Å². The first-order chi connectivity index (χ1) is 18.3. The lowest BCUT2D eigenvalue weighted by atomic mass is 9.71. The monoisotopic (exact) mass is 539 g/mol. The molecule has 2 aliphatic rings. The van der Waals surface area contributed by atoms with Gasteiger partial charge in [0, 0.05) is 38.3 Å². The van der Waals surface area contributed by atoms with Crippen LogP contribution in [0.5, 0.6) is 5.75 Å². The van der Waals surface area contributed by atoms with Crippen molar-refractivity contribution in [3.8, 4) is 5.75 Å². The van der Waals surface area contributed by atoms with Gasteiger partial charge >= 0.3 is 0 Å². The Balaban J connectivity index is 1.33. The van der Waals surface area contributed by atoms with Crippen molar-refractivity contribution in [1.29, 1.82) is 0 Å². The van der Waals surface area contributed by atoms with E-state index in [1.165, 1.54) is 37.5 Å². The van der Waals surface area contributed by atoms with Gasteiger partial charge in [-0.05, 0) is 75.5 Å². The third-order valence-electron chi connectivity index (χ3n) is 7.98. The fourth-order valence-electron chi connectivity index (χ4n) is 5.36. The summed E-state index contributed by atoms with van der Waals surface area (Å²) in [7, 11) is 5.39. The number of carbonyl (C=O) groups is 1. The number of anilines is 3. The first-order valence-electron chi connectivity index (χ1n) is 13.0. The third-order valence-corrected chi connectivity index (χ3v) is 8.25. The number of hydrogen-bond acceptors (Lipinski definition) is 8. The number of amides is 1. The normalized spacial score (nSPS) is 17.5. The lowest BCUT2D eigenvalue weighted by Crippen LogP contribution is -2.46. The van der Waals surface area contributed by atoms with Crippen LogP contribution in [-0.4, -0.2) is 72.2 Å². The molecule has 3 aromatic rings. The van der Waals surface area contributed by atoms with Gasteiger partial charge in [-0.25, -0.2) is 4.98 Å². The van der Waals surface area contributed by atoms with Crippen LogP contribution in [0.3, 0.4) is 0 Å². The molecule has 2 N–H and O–H groups in total. The van der Waals surface area contributed by atoms with Crippen molar-refractivity contribution in [2.24, 2.45) is 12.5 Å². The number of halogens is 1. The van der Waals surface area contributed by atoms with E-state index < -0.39 is 0 Å². The van der Waals surface area contributed by atoms with E-state index >= 15 is 0 Å². The van der Waals surface area contributed by atoms with Gasteiger partial charge in [0.25, 0.3) is 11.5 Å². The minimum atomic E-state index is -0.313. The van der Waals surface area contributed by atoms with Gasteiger partial charge in [-0.2, -0.15) is 4.98 Å². The molecule has 4 heterocycles. The number of aryl methyl sites for hydroxylation is 1. The molecule has 38 heavy (non-hydrogen) atoms. The lowest BCUT2D eigenvalue weighted by Gasteiger charge is -2.46. The Morgan fingerprint density at radius 2 is 1.82 bits per heavy atom. The molecule has 5 rings (SSSR count). The van der Waals surface area contributed by atoms with Crippen molar-refractivity contribution in [1.82, 2.24) is 24.8 Å². The molecule has 0 unspecified atom stereocenters.